The van der Waals surface area contributed by atoms with E-state index in [0.717, 1.165) is 0 Å². The molecule has 0 aromatic heterocycles. The summed E-state index contributed by atoms with van der Waals surface area (Å²) >= 11 is 0. The summed E-state index contributed by atoms with van der Waals surface area (Å²) in [5, 5.41) is 2.75. The quantitative estimate of drug-likeness (QED) is 0.903. The van der Waals surface area contributed by atoms with Gasteiger partial charge in [-0.1, -0.05) is 30.3 Å². The Kier molecular flexibility index (Phi) is 4.78. The first-order valence-electron chi connectivity index (χ1n) is 7.94. The summed E-state index contributed by atoms with van der Waals surface area (Å²) in [6.45, 7) is 2.23. The highest BCUT2D eigenvalue weighted by Gasteiger charge is 2.39. The highest BCUT2D eigenvalue weighted by atomic mass is 32.2. The normalized spacial score (nSPS) is 18.6. The van der Waals surface area contributed by atoms with Crippen molar-refractivity contribution in [3.63, 3.8) is 0 Å². The highest BCUT2D eigenvalue weighted by Crippen LogP contribution is 2.31. The Hall–Kier alpha value is -2.38. The number of amides is 1. The SMILES string of the molecule is COc1ccc(S(=O)(=O)N2CCNC(=O)C2c2ccccc2)c(C)c1. The van der Waals surface area contributed by atoms with Crippen molar-refractivity contribution in [2.24, 2.45) is 0 Å². The van der Waals surface area contributed by atoms with Gasteiger partial charge in [-0.2, -0.15) is 4.31 Å². The number of nitrogens with one attached hydrogen (secondary N) is 1. The summed E-state index contributed by atoms with van der Waals surface area (Å²) in [5.74, 6) is 0.277. The second kappa shape index (κ2) is 6.85. The van der Waals surface area contributed by atoms with Gasteiger partial charge < -0.3 is 10.1 Å². The first-order chi connectivity index (χ1) is 11.9. The second-order valence-electron chi connectivity index (χ2n) is 5.85. The van der Waals surface area contributed by atoms with Crippen molar-refractivity contribution in [2.45, 2.75) is 17.9 Å². The van der Waals surface area contributed by atoms with Crippen LogP contribution in [0.15, 0.2) is 53.4 Å². The number of nitrogens with zero attached hydrogens (tertiary/aromatic N) is 1. The topological polar surface area (TPSA) is 75.7 Å². The van der Waals surface area contributed by atoms with Gasteiger partial charge >= 0.3 is 0 Å². The van der Waals surface area contributed by atoms with E-state index in [1.54, 1.807) is 43.3 Å². The van der Waals surface area contributed by atoms with Crippen LogP contribution in [0, 0.1) is 6.92 Å². The fourth-order valence-corrected chi connectivity index (χ4v) is 4.81. The van der Waals surface area contributed by atoms with E-state index in [2.05, 4.69) is 5.32 Å². The third-order valence-electron chi connectivity index (χ3n) is 4.25. The second-order valence-corrected chi connectivity index (χ2v) is 7.71. The van der Waals surface area contributed by atoms with Crippen LogP contribution in [0.2, 0.25) is 0 Å². The average Bonchev–Trinajstić information content (AvgIpc) is 2.61. The van der Waals surface area contributed by atoms with E-state index >= 15 is 0 Å². The molecule has 6 nitrogen and oxygen atoms in total. The molecule has 2 aromatic rings. The van der Waals surface area contributed by atoms with Crippen molar-refractivity contribution < 1.29 is 17.9 Å². The Balaban J connectivity index is 2.06. The molecule has 25 heavy (non-hydrogen) atoms. The maximum Gasteiger partial charge on any atom is 0.244 e. The van der Waals surface area contributed by atoms with Crippen LogP contribution in [-0.2, 0) is 14.8 Å². The van der Waals surface area contributed by atoms with Crippen molar-refractivity contribution in [1.82, 2.24) is 9.62 Å². The zero-order valence-electron chi connectivity index (χ0n) is 14.1. The molecule has 1 saturated heterocycles. The Morgan fingerprint density at radius 1 is 1.16 bits per heavy atom. The Bertz CT molecular complexity index is 881. The summed E-state index contributed by atoms with van der Waals surface area (Å²) in [7, 11) is -2.30. The van der Waals surface area contributed by atoms with Crippen LogP contribution in [0.25, 0.3) is 0 Å². The minimum atomic E-state index is -3.83. The largest absolute Gasteiger partial charge is 0.497 e. The van der Waals surface area contributed by atoms with Gasteiger partial charge in [-0.05, 0) is 36.2 Å². The van der Waals surface area contributed by atoms with Gasteiger partial charge in [0.25, 0.3) is 0 Å². The van der Waals surface area contributed by atoms with Gasteiger partial charge in [0.2, 0.25) is 15.9 Å². The molecule has 1 amide bonds. The number of hydrogen-bond donors (Lipinski definition) is 1. The van der Waals surface area contributed by atoms with Gasteiger partial charge in [0, 0.05) is 13.1 Å². The van der Waals surface area contributed by atoms with Gasteiger partial charge in [0.15, 0.2) is 0 Å². The molecule has 0 spiro atoms. The zero-order valence-corrected chi connectivity index (χ0v) is 14.9. The molecule has 1 aliphatic rings. The molecule has 0 saturated carbocycles. The fraction of sp³-hybridized carbons (Fsp3) is 0.278. The maximum absolute atomic E-state index is 13.2. The number of ether oxygens (including phenoxy) is 1. The average molecular weight is 360 g/mol. The van der Waals surface area contributed by atoms with E-state index in [-0.39, 0.29) is 23.9 Å². The number of aryl methyl sites for hydroxylation is 1. The molecule has 0 radical (unpaired) electrons. The van der Waals surface area contributed by atoms with E-state index < -0.39 is 16.1 Å². The van der Waals surface area contributed by atoms with Crippen molar-refractivity contribution in [1.29, 1.82) is 0 Å². The number of carbonyl (C=O) groups excluding carboxylic acids is 1. The standard InChI is InChI=1S/C18H20N2O4S/c1-13-12-15(24-2)8-9-16(13)25(22,23)20-11-10-19-18(21)17(20)14-6-4-3-5-7-14/h3-9,12,17H,10-11H2,1-2H3,(H,19,21). The number of benzene rings is 2. The first kappa shape index (κ1) is 17.4. The minimum Gasteiger partial charge on any atom is -0.497 e. The summed E-state index contributed by atoms with van der Waals surface area (Å²) < 4.78 is 32.9. The molecule has 1 N–H and O–H groups in total. The van der Waals surface area contributed by atoms with Crippen LogP contribution in [0.5, 0.6) is 5.75 Å². The molecule has 1 atom stereocenters. The molecule has 1 unspecified atom stereocenters. The predicted molar refractivity (Wildman–Crippen MR) is 93.8 cm³/mol. The molecule has 1 heterocycles. The van der Waals surface area contributed by atoms with E-state index in [4.69, 9.17) is 4.74 Å². The highest BCUT2D eigenvalue weighted by molar-refractivity contribution is 7.89. The Morgan fingerprint density at radius 3 is 2.52 bits per heavy atom. The molecule has 0 bridgehead atoms. The molecule has 3 rings (SSSR count). The van der Waals surface area contributed by atoms with Gasteiger partial charge in [-0.15, -0.1) is 0 Å². The summed E-state index contributed by atoms with van der Waals surface area (Å²) in [4.78, 5) is 12.6. The number of rotatable bonds is 4. The first-order valence-corrected chi connectivity index (χ1v) is 9.38. The van der Waals surface area contributed by atoms with Crippen molar-refractivity contribution in [3.05, 3.63) is 59.7 Å². The molecule has 1 fully saturated rings. The van der Waals surface area contributed by atoms with Crippen LogP contribution in [0.1, 0.15) is 17.2 Å². The summed E-state index contributed by atoms with van der Waals surface area (Å²) in [5.41, 5.74) is 1.23. The summed E-state index contributed by atoms with van der Waals surface area (Å²) in [6, 6.07) is 12.9. The van der Waals surface area contributed by atoms with Gasteiger partial charge in [0.1, 0.15) is 11.8 Å². The van der Waals surface area contributed by atoms with Gasteiger partial charge in [-0.25, -0.2) is 8.42 Å². The van der Waals surface area contributed by atoms with Crippen molar-refractivity contribution >= 4 is 15.9 Å². The van der Waals surface area contributed by atoms with Crippen molar-refractivity contribution in [3.8, 4) is 5.75 Å². The van der Waals surface area contributed by atoms with E-state index in [1.165, 1.54) is 17.5 Å². The minimum absolute atomic E-state index is 0.184. The van der Waals surface area contributed by atoms with Crippen LogP contribution in [0.3, 0.4) is 0 Å². The Labute approximate surface area is 147 Å². The van der Waals surface area contributed by atoms with E-state index in [0.29, 0.717) is 16.9 Å². The molecule has 132 valence electrons. The van der Waals surface area contributed by atoms with Crippen LogP contribution in [-0.4, -0.2) is 38.8 Å². The lowest BCUT2D eigenvalue weighted by Crippen LogP contribution is -2.52. The lowest BCUT2D eigenvalue weighted by molar-refractivity contribution is -0.126. The molecule has 7 heteroatoms. The van der Waals surface area contributed by atoms with Crippen LogP contribution in [0.4, 0.5) is 0 Å². The Morgan fingerprint density at radius 2 is 1.88 bits per heavy atom. The monoisotopic (exact) mass is 360 g/mol. The fourth-order valence-electron chi connectivity index (χ4n) is 3.02. The van der Waals surface area contributed by atoms with Crippen LogP contribution < -0.4 is 10.1 Å². The maximum atomic E-state index is 13.2. The van der Waals surface area contributed by atoms with Gasteiger partial charge in [-0.3, -0.25) is 4.79 Å². The van der Waals surface area contributed by atoms with Crippen LogP contribution >= 0.6 is 0 Å². The summed E-state index contributed by atoms with van der Waals surface area (Å²) in [6.07, 6.45) is 0. The molecule has 1 aliphatic heterocycles. The lowest BCUT2D eigenvalue weighted by atomic mass is 10.1. The molecule has 2 aromatic carbocycles. The number of hydrogen-bond acceptors (Lipinski definition) is 4. The van der Waals surface area contributed by atoms with E-state index in [9.17, 15) is 13.2 Å². The zero-order chi connectivity index (χ0) is 18.0. The molecular formula is C18H20N2O4S. The number of sulfonamides is 1. The number of piperazine rings is 1. The van der Waals surface area contributed by atoms with Gasteiger partial charge in [0.05, 0.1) is 12.0 Å². The predicted octanol–water partition coefficient (Wildman–Crippen LogP) is 1.87. The van der Waals surface area contributed by atoms with Crippen molar-refractivity contribution in [2.75, 3.05) is 20.2 Å². The number of methoxy groups -OCH3 is 1. The third-order valence-corrected chi connectivity index (χ3v) is 6.28. The molecule has 0 aliphatic carbocycles. The van der Waals surface area contributed by atoms with E-state index in [1.807, 2.05) is 6.07 Å². The third kappa shape index (κ3) is 3.25. The number of carbonyl (C=O) groups is 1. The molecular weight excluding hydrogens is 340 g/mol. The smallest absolute Gasteiger partial charge is 0.244 e. The lowest BCUT2D eigenvalue weighted by Gasteiger charge is -2.34.